The lowest BCUT2D eigenvalue weighted by Crippen LogP contribution is -2.31. The molecule has 0 heterocycles. The van der Waals surface area contributed by atoms with Gasteiger partial charge in [0.05, 0.1) is 19.8 Å². The van der Waals surface area contributed by atoms with Gasteiger partial charge in [0.25, 0.3) is 0 Å². The predicted octanol–water partition coefficient (Wildman–Crippen LogP) is 2.12. The second kappa shape index (κ2) is 6.84. The summed E-state index contributed by atoms with van der Waals surface area (Å²) in [5.74, 6) is 0. The van der Waals surface area contributed by atoms with Crippen LogP contribution in [-0.4, -0.2) is 32.5 Å². The van der Waals surface area contributed by atoms with Crippen molar-refractivity contribution >= 4 is 0 Å². The molecule has 0 unspecified atom stereocenters. The fourth-order valence-electron chi connectivity index (χ4n) is 0.723. The number of ether oxygens (including phenoxy) is 1. The van der Waals surface area contributed by atoms with Gasteiger partial charge in [0.1, 0.15) is 0 Å². The van der Waals surface area contributed by atoms with Crippen LogP contribution in [0.5, 0.6) is 0 Å². The summed E-state index contributed by atoms with van der Waals surface area (Å²) in [5.41, 5.74) is 1.01. The van der Waals surface area contributed by atoms with Gasteiger partial charge >= 0.3 is 6.18 Å². The zero-order valence-corrected chi connectivity index (χ0v) is 8.28. The fourth-order valence-corrected chi connectivity index (χ4v) is 0.723. The number of halogens is 3. The van der Waals surface area contributed by atoms with Crippen LogP contribution in [-0.2, 0) is 4.74 Å². The summed E-state index contributed by atoms with van der Waals surface area (Å²) in [6, 6.07) is 0. The molecule has 0 bridgehead atoms. The van der Waals surface area contributed by atoms with E-state index < -0.39 is 12.7 Å². The van der Waals surface area contributed by atoms with Crippen molar-refractivity contribution in [2.24, 2.45) is 0 Å². The lowest BCUT2D eigenvalue weighted by molar-refractivity contribution is -0.125. The molecule has 0 aromatic heterocycles. The lowest BCUT2D eigenvalue weighted by Gasteiger charge is -2.08. The first-order valence-corrected chi connectivity index (χ1v) is 4.41. The van der Waals surface area contributed by atoms with E-state index in [2.05, 4.69) is 11.9 Å². The Bertz CT molecular complexity index is 168. The molecule has 0 aliphatic heterocycles. The number of hydrogen-bond donors (Lipinski definition) is 1. The molecule has 0 aliphatic rings. The van der Waals surface area contributed by atoms with Crippen LogP contribution < -0.4 is 5.32 Å². The topological polar surface area (TPSA) is 21.3 Å². The highest BCUT2D eigenvalue weighted by Gasteiger charge is 2.25. The Morgan fingerprint density at radius 2 is 2.00 bits per heavy atom. The van der Waals surface area contributed by atoms with Gasteiger partial charge in [0.2, 0.25) is 0 Å². The summed E-state index contributed by atoms with van der Waals surface area (Å²) in [5, 5.41) is 2.24. The summed E-state index contributed by atoms with van der Waals surface area (Å²) >= 11 is 0. The lowest BCUT2D eigenvalue weighted by atomic mass is 10.3. The standard InChI is InChI=1S/C9H16F3NO/c1-8(2)3-5-14-6-4-13-7-9(10,11)12/h13H,1,3-7H2,2H3. The van der Waals surface area contributed by atoms with Gasteiger partial charge in [-0.25, -0.2) is 0 Å². The Kier molecular flexibility index (Phi) is 6.57. The van der Waals surface area contributed by atoms with Crippen molar-refractivity contribution in [3.05, 3.63) is 12.2 Å². The number of rotatable bonds is 7. The summed E-state index contributed by atoms with van der Waals surface area (Å²) in [7, 11) is 0. The smallest absolute Gasteiger partial charge is 0.380 e. The first-order chi connectivity index (χ1) is 6.42. The molecule has 0 aromatic carbocycles. The van der Waals surface area contributed by atoms with Gasteiger partial charge in [-0.05, 0) is 13.3 Å². The summed E-state index contributed by atoms with van der Waals surface area (Å²) in [6.07, 6.45) is -3.39. The monoisotopic (exact) mass is 211 g/mol. The van der Waals surface area contributed by atoms with Crippen LogP contribution in [0.4, 0.5) is 13.2 Å². The van der Waals surface area contributed by atoms with Crippen LogP contribution in [0, 0.1) is 0 Å². The van der Waals surface area contributed by atoms with E-state index in [1.165, 1.54) is 0 Å². The molecule has 0 radical (unpaired) electrons. The first-order valence-electron chi connectivity index (χ1n) is 4.41. The quantitative estimate of drug-likeness (QED) is 0.514. The van der Waals surface area contributed by atoms with Crippen molar-refractivity contribution in [3.8, 4) is 0 Å². The summed E-state index contributed by atoms with van der Waals surface area (Å²) in [6.45, 7) is 5.63. The Balaban J connectivity index is 3.11. The molecule has 14 heavy (non-hydrogen) atoms. The molecule has 2 nitrogen and oxygen atoms in total. The van der Waals surface area contributed by atoms with Gasteiger partial charge in [0, 0.05) is 6.54 Å². The van der Waals surface area contributed by atoms with Gasteiger partial charge in [-0.2, -0.15) is 13.2 Å². The van der Waals surface area contributed by atoms with Crippen LogP contribution in [0.15, 0.2) is 12.2 Å². The van der Waals surface area contributed by atoms with Gasteiger partial charge in [-0.15, -0.1) is 6.58 Å². The van der Waals surface area contributed by atoms with Gasteiger partial charge < -0.3 is 10.1 Å². The van der Waals surface area contributed by atoms with Crippen LogP contribution in [0.1, 0.15) is 13.3 Å². The van der Waals surface area contributed by atoms with Gasteiger partial charge in [-0.3, -0.25) is 0 Å². The van der Waals surface area contributed by atoms with Crippen molar-refractivity contribution in [1.29, 1.82) is 0 Å². The summed E-state index contributed by atoms with van der Waals surface area (Å²) in [4.78, 5) is 0. The van der Waals surface area contributed by atoms with Crippen molar-refractivity contribution in [2.45, 2.75) is 19.5 Å². The third kappa shape index (κ3) is 11.4. The molecular formula is C9H16F3NO. The van der Waals surface area contributed by atoms with E-state index in [0.29, 0.717) is 13.2 Å². The average Bonchev–Trinajstić information content (AvgIpc) is 2.00. The summed E-state index contributed by atoms with van der Waals surface area (Å²) < 4.78 is 39.9. The normalized spacial score (nSPS) is 11.7. The maximum atomic E-state index is 11.6. The third-order valence-corrected chi connectivity index (χ3v) is 1.42. The highest BCUT2D eigenvalue weighted by atomic mass is 19.4. The minimum atomic E-state index is -4.14. The third-order valence-electron chi connectivity index (χ3n) is 1.42. The van der Waals surface area contributed by atoms with Crippen LogP contribution in [0.2, 0.25) is 0 Å². The average molecular weight is 211 g/mol. The second-order valence-electron chi connectivity index (χ2n) is 3.11. The van der Waals surface area contributed by atoms with E-state index in [1.807, 2.05) is 6.92 Å². The Labute approximate surface area is 82.1 Å². The highest BCUT2D eigenvalue weighted by molar-refractivity contribution is 4.87. The molecule has 0 fully saturated rings. The minimum absolute atomic E-state index is 0.218. The number of nitrogens with one attached hydrogen (secondary N) is 1. The Morgan fingerprint density at radius 1 is 1.36 bits per heavy atom. The zero-order valence-electron chi connectivity index (χ0n) is 8.28. The molecule has 84 valence electrons. The van der Waals surface area contributed by atoms with E-state index >= 15 is 0 Å². The number of alkyl halides is 3. The van der Waals surface area contributed by atoms with E-state index in [4.69, 9.17) is 4.74 Å². The molecule has 5 heteroatoms. The number of hydrogen-bond acceptors (Lipinski definition) is 2. The van der Waals surface area contributed by atoms with Gasteiger partial charge in [-0.1, -0.05) is 5.57 Å². The van der Waals surface area contributed by atoms with Crippen LogP contribution in [0.25, 0.3) is 0 Å². The van der Waals surface area contributed by atoms with Crippen molar-refractivity contribution in [3.63, 3.8) is 0 Å². The molecule has 0 aliphatic carbocycles. The first kappa shape index (κ1) is 13.4. The van der Waals surface area contributed by atoms with Crippen molar-refractivity contribution in [1.82, 2.24) is 5.32 Å². The maximum absolute atomic E-state index is 11.6. The fraction of sp³-hybridized carbons (Fsp3) is 0.778. The zero-order chi connectivity index (χ0) is 11.0. The van der Waals surface area contributed by atoms with Crippen LogP contribution in [0.3, 0.4) is 0 Å². The molecule has 0 atom stereocenters. The molecular weight excluding hydrogens is 195 g/mol. The van der Waals surface area contributed by atoms with E-state index in [1.54, 1.807) is 0 Å². The van der Waals surface area contributed by atoms with E-state index in [9.17, 15) is 13.2 Å². The molecule has 0 spiro atoms. The van der Waals surface area contributed by atoms with E-state index in [0.717, 1.165) is 12.0 Å². The SMILES string of the molecule is C=C(C)CCOCCNCC(F)(F)F. The Morgan fingerprint density at radius 3 is 2.50 bits per heavy atom. The predicted molar refractivity (Wildman–Crippen MR) is 49.2 cm³/mol. The molecule has 0 saturated carbocycles. The molecule has 0 rings (SSSR count). The Hall–Kier alpha value is -0.550. The highest BCUT2D eigenvalue weighted by Crippen LogP contribution is 2.11. The molecule has 0 amide bonds. The second-order valence-corrected chi connectivity index (χ2v) is 3.11. The van der Waals surface area contributed by atoms with Crippen molar-refractivity contribution in [2.75, 3.05) is 26.3 Å². The minimum Gasteiger partial charge on any atom is -0.380 e. The van der Waals surface area contributed by atoms with Gasteiger partial charge in [0.15, 0.2) is 0 Å². The van der Waals surface area contributed by atoms with E-state index in [-0.39, 0.29) is 6.54 Å². The largest absolute Gasteiger partial charge is 0.401 e. The maximum Gasteiger partial charge on any atom is 0.401 e. The van der Waals surface area contributed by atoms with Crippen molar-refractivity contribution < 1.29 is 17.9 Å². The molecule has 0 aromatic rings. The molecule has 0 saturated heterocycles. The molecule has 1 N–H and O–H groups in total. The van der Waals surface area contributed by atoms with Crippen LogP contribution >= 0.6 is 0 Å².